The van der Waals surface area contributed by atoms with E-state index in [9.17, 15) is 27.1 Å². The van der Waals surface area contributed by atoms with Gasteiger partial charge < -0.3 is 9.84 Å². The first-order valence-corrected chi connectivity index (χ1v) is 8.69. The minimum atomic E-state index is -4.77. The van der Waals surface area contributed by atoms with E-state index in [0.29, 0.717) is 0 Å². The summed E-state index contributed by atoms with van der Waals surface area (Å²) in [6.07, 6.45) is 0. The molecule has 0 aliphatic heterocycles. The predicted molar refractivity (Wildman–Crippen MR) is 103 cm³/mol. The Kier molecular flexibility index (Phi) is 4.59. The van der Waals surface area contributed by atoms with Crippen LogP contribution in [0.3, 0.4) is 0 Å². The fourth-order valence-corrected chi connectivity index (χ4v) is 3.74. The molecule has 2 aromatic carbocycles. The van der Waals surface area contributed by atoms with Crippen molar-refractivity contribution in [2.24, 2.45) is 0 Å². The molecular weight excluding hydrogens is 390 g/mol. The molecule has 0 unspecified atom stereocenters. The Morgan fingerprint density at radius 1 is 1.10 bits per heavy atom. The van der Waals surface area contributed by atoms with Crippen molar-refractivity contribution in [3.63, 3.8) is 0 Å². The van der Waals surface area contributed by atoms with Crippen LogP contribution in [0.5, 0.6) is 11.5 Å². The monoisotopic (exact) mass is 405 g/mol. The van der Waals surface area contributed by atoms with Crippen molar-refractivity contribution in [2.75, 3.05) is 0 Å². The highest BCUT2D eigenvalue weighted by atomic mass is 19.3. The lowest BCUT2D eigenvalue weighted by Crippen LogP contribution is -2.56. The van der Waals surface area contributed by atoms with E-state index < -0.39 is 39.5 Å². The van der Waals surface area contributed by atoms with E-state index in [0.717, 1.165) is 24.3 Å². The first-order valence-electron chi connectivity index (χ1n) is 8.69. The van der Waals surface area contributed by atoms with E-state index in [4.69, 9.17) is 10.00 Å². The summed E-state index contributed by atoms with van der Waals surface area (Å²) in [5.41, 5.74) is -4.94. The summed E-state index contributed by atoms with van der Waals surface area (Å²) in [5, 5.41) is 18.2. The van der Waals surface area contributed by atoms with Crippen LogP contribution in [-0.4, -0.2) is 34.6 Å². The van der Waals surface area contributed by atoms with Crippen LogP contribution in [0.25, 0.3) is 0 Å². The minimum absolute atomic E-state index is 0.0388. The van der Waals surface area contributed by atoms with Gasteiger partial charge in [0.05, 0.1) is 35.2 Å². The SMILES string of the molecule is BC(B)(B)[C@@]1(O)c2c(ccc(Oc3cc(F)cc(C#N)c3)c2C)C(F)(F)C1(F)F. The Bertz CT molecular complexity index is 1050. The Labute approximate surface area is 166 Å². The maximum Gasteiger partial charge on any atom is 0.345 e. The summed E-state index contributed by atoms with van der Waals surface area (Å²) in [6, 6.07) is 6.74. The molecule has 0 heterocycles. The number of nitriles is 1. The summed E-state index contributed by atoms with van der Waals surface area (Å²) in [6.45, 7) is 1.27. The van der Waals surface area contributed by atoms with Gasteiger partial charge in [0.25, 0.3) is 0 Å². The number of hydrogen-bond donors (Lipinski definition) is 1. The van der Waals surface area contributed by atoms with Gasteiger partial charge in [-0.15, -0.1) is 0 Å². The number of aliphatic hydroxyl groups is 1. The molecule has 1 atom stereocenters. The number of rotatable bonds is 3. The zero-order chi connectivity index (χ0) is 22.0. The van der Waals surface area contributed by atoms with Crippen molar-refractivity contribution in [2.45, 2.75) is 29.5 Å². The van der Waals surface area contributed by atoms with E-state index >= 15 is 0 Å². The van der Waals surface area contributed by atoms with E-state index in [1.165, 1.54) is 36.5 Å². The van der Waals surface area contributed by atoms with Crippen LogP contribution in [0.4, 0.5) is 22.0 Å². The molecular formula is C18H15B3F5NO2. The summed E-state index contributed by atoms with van der Waals surface area (Å²) in [7, 11) is 3.72. The van der Waals surface area contributed by atoms with E-state index in [1.807, 2.05) is 0 Å². The third-order valence-electron chi connectivity index (χ3n) is 5.28. The fraction of sp³-hybridized carbons (Fsp3) is 0.278. The third-order valence-corrected chi connectivity index (χ3v) is 5.28. The average molecular weight is 405 g/mol. The highest BCUT2D eigenvalue weighted by Crippen LogP contribution is 2.66. The summed E-state index contributed by atoms with van der Waals surface area (Å²) >= 11 is 0. The number of alkyl halides is 4. The third kappa shape index (κ3) is 2.76. The van der Waals surface area contributed by atoms with Gasteiger partial charge >= 0.3 is 11.8 Å². The first kappa shape index (κ1) is 21.2. The molecule has 29 heavy (non-hydrogen) atoms. The number of halogens is 5. The van der Waals surface area contributed by atoms with Gasteiger partial charge in [0.2, 0.25) is 0 Å². The van der Waals surface area contributed by atoms with Gasteiger partial charge in [0.1, 0.15) is 22.9 Å². The van der Waals surface area contributed by atoms with Gasteiger partial charge in [-0.05, 0) is 36.8 Å². The topological polar surface area (TPSA) is 53.2 Å². The maximum absolute atomic E-state index is 14.8. The number of ether oxygens (including phenoxy) is 1. The zero-order valence-electron chi connectivity index (χ0n) is 16.1. The molecule has 0 aromatic heterocycles. The number of hydrogen-bond acceptors (Lipinski definition) is 3. The molecule has 3 nitrogen and oxygen atoms in total. The van der Waals surface area contributed by atoms with Crippen molar-refractivity contribution in [3.05, 3.63) is 58.4 Å². The van der Waals surface area contributed by atoms with Crippen LogP contribution < -0.4 is 4.74 Å². The van der Waals surface area contributed by atoms with Gasteiger partial charge in [0, 0.05) is 17.2 Å². The van der Waals surface area contributed by atoms with Gasteiger partial charge in [-0.2, -0.15) is 22.8 Å². The Hall–Kier alpha value is -2.47. The normalized spacial score (nSPS) is 22.0. The molecule has 0 saturated carbocycles. The maximum atomic E-state index is 14.8. The molecule has 1 aliphatic rings. The van der Waals surface area contributed by atoms with Crippen LogP contribution in [0.1, 0.15) is 22.3 Å². The second-order valence-corrected chi connectivity index (χ2v) is 8.11. The number of nitrogens with zero attached hydrogens (tertiary/aromatic N) is 1. The van der Waals surface area contributed by atoms with Gasteiger partial charge in [0.15, 0.2) is 0 Å². The van der Waals surface area contributed by atoms with Crippen LogP contribution in [0, 0.1) is 24.1 Å². The van der Waals surface area contributed by atoms with Gasteiger partial charge in [-0.1, -0.05) is 5.11 Å². The van der Waals surface area contributed by atoms with Crippen molar-refractivity contribution < 1.29 is 31.8 Å². The van der Waals surface area contributed by atoms with Gasteiger partial charge in [-0.3, -0.25) is 0 Å². The summed E-state index contributed by atoms with van der Waals surface area (Å²) in [4.78, 5) is 0. The molecule has 0 bridgehead atoms. The fourth-order valence-electron chi connectivity index (χ4n) is 3.74. The van der Waals surface area contributed by atoms with Crippen LogP contribution in [0.15, 0.2) is 30.3 Å². The summed E-state index contributed by atoms with van der Waals surface area (Å²) in [5.74, 6) is -10.4. The van der Waals surface area contributed by atoms with Crippen molar-refractivity contribution in [3.8, 4) is 17.6 Å². The molecule has 0 saturated heterocycles. The predicted octanol–water partition coefficient (Wildman–Crippen LogP) is 1.70. The molecule has 11 heteroatoms. The average Bonchev–Trinajstić information content (AvgIpc) is 2.72. The van der Waals surface area contributed by atoms with Gasteiger partial charge in [-0.25, -0.2) is 4.39 Å². The standard InChI is InChI=1S/C18H15B3F5NO2/c1-8-13(29-11-5-9(7-27)4-10(22)6-11)3-2-12-14(8)15(28,18(19,20)21)17(25,26)16(12,23)24/h2-6,28H,19-21H2,1H3/t15-/m1/s1. The van der Waals surface area contributed by atoms with Crippen molar-refractivity contribution in [1.82, 2.24) is 0 Å². The first-order chi connectivity index (χ1) is 13.2. The number of fused-ring (bicyclic) bond motifs is 1. The molecule has 3 rings (SSSR count). The second-order valence-electron chi connectivity index (χ2n) is 8.11. The lowest BCUT2D eigenvalue weighted by molar-refractivity contribution is -0.285. The molecule has 0 radical (unpaired) electrons. The lowest BCUT2D eigenvalue weighted by Gasteiger charge is -2.43. The van der Waals surface area contributed by atoms with Crippen LogP contribution in [0.2, 0.25) is 5.11 Å². The highest BCUT2D eigenvalue weighted by Gasteiger charge is 2.78. The zero-order valence-corrected chi connectivity index (χ0v) is 16.1. The molecule has 2 aromatic rings. The Balaban J connectivity index is 2.23. The van der Waals surface area contributed by atoms with Crippen molar-refractivity contribution in [1.29, 1.82) is 5.26 Å². The van der Waals surface area contributed by atoms with Crippen LogP contribution >= 0.6 is 0 Å². The summed E-state index contributed by atoms with van der Waals surface area (Å²) < 4.78 is 78.0. The quantitative estimate of drug-likeness (QED) is 0.626. The smallest absolute Gasteiger partial charge is 0.345 e. The molecule has 0 spiro atoms. The second kappa shape index (κ2) is 6.26. The minimum Gasteiger partial charge on any atom is -0.457 e. The largest absolute Gasteiger partial charge is 0.457 e. The molecule has 1 N–H and O–H groups in total. The van der Waals surface area contributed by atoms with Crippen molar-refractivity contribution >= 4 is 23.5 Å². The van der Waals surface area contributed by atoms with E-state index in [2.05, 4.69) is 0 Å². The Morgan fingerprint density at radius 3 is 2.28 bits per heavy atom. The molecule has 0 amide bonds. The lowest BCUT2D eigenvalue weighted by atomic mass is 9.34. The Morgan fingerprint density at radius 2 is 1.72 bits per heavy atom. The molecule has 1 aliphatic carbocycles. The van der Waals surface area contributed by atoms with E-state index in [-0.39, 0.29) is 22.6 Å². The van der Waals surface area contributed by atoms with E-state index in [1.54, 1.807) is 6.07 Å². The molecule has 148 valence electrons. The molecule has 0 fully saturated rings. The number of benzene rings is 2. The highest BCUT2D eigenvalue weighted by molar-refractivity contribution is 6.60. The van der Waals surface area contributed by atoms with Crippen LogP contribution in [-0.2, 0) is 11.5 Å².